The molecule has 0 aliphatic carbocycles. The smallest absolute Gasteiger partial charge is 0.297 e. The second kappa shape index (κ2) is 14.2. The number of pyridine rings is 1. The highest BCUT2D eigenvalue weighted by Crippen LogP contribution is 2.60. The van der Waals surface area contributed by atoms with Gasteiger partial charge in [-0.1, -0.05) is 61.0 Å². The van der Waals surface area contributed by atoms with Crippen molar-refractivity contribution in [1.29, 1.82) is 0 Å². The van der Waals surface area contributed by atoms with Crippen molar-refractivity contribution in [1.82, 2.24) is 9.47 Å². The van der Waals surface area contributed by atoms with E-state index in [2.05, 4.69) is 0 Å². The Bertz CT molecular complexity index is 1930. The van der Waals surface area contributed by atoms with Gasteiger partial charge in [-0.25, -0.2) is 0 Å². The van der Waals surface area contributed by atoms with Gasteiger partial charge >= 0.3 is 0 Å². The Labute approximate surface area is 297 Å². The fourth-order valence-electron chi connectivity index (χ4n) is 7.70. The van der Waals surface area contributed by atoms with E-state index in [4.69, 9.17) is 21.1 Å². The maximum atomic E-state index is 14.8. The van der Waals surface area contributed by atoms with Gasteiger partial charge < -0.3 is 29.2 Å². The number of carbonyl (C=O) groups excluding carboxylic acids is 2. The van der Waals surface area contributed by atoms with E-state index in [1.54, 1.807) is 40.3 Å². The zero-order valence-corrected chi connectivity index (χ0v) is 30.3. The first kappa shape index (κ1) is 35.6. The summed E-state index contributed by atoms with van der Waals surface area (Å²) in [6.07, 6.45) is 0.854. The fraction of sp³-hybridized carbons (Fsp3) is 0.342. The van der Waals surface area contributed by atoms with E-state index in [-0.39, 0.29) is 49.2 Å². The third kappa shape index (κ3) is 6.51. The van der Waals surface area contributed by atoms with Gasteiger partial charge in [0.1, 0.15) is 0 Å². The van der Waals surface area contributed by atoms with Gasteiger partial charge in [-0.3, -0.25) is 19.0 Å². The molecule has 50 heavy (non-hydrogen) atoms. The van der Waals surface area contributed by atoms with Crippen molar-refractivity contribution in [2.24, 2.45) is 5.92 Å². The minimum atomic E-state index is -3.03. The Kier molecular flexibility index (Phi) is 10.1. The summed E-state index contributed by atoms with van der Waals surface area (Å²) in [6.45, 7) is 6.02. The SMILES string of the molecule is COc1cccn(-c2ccc(CN3C(=O)[C@]4(O[C@H](CC(=O)N(CCO)Cc5ccccc5)[C@@H]([Si](C)(C)O)[C@@H]4C)c4cc(Cl)ccc43)cc2)c1=O. The van der Waals surface area contributed by atoms with E-state index >= 15 is 0 Å². The average molecular weight is 716 g/mol. The molecule has 6 rings (SSSR count). The molecule has 0 saturated carbocycles. The lowest BCUT2D eigenvalue weighted by Gasteiger charge is -2.32. The second-order valence-corrected chi connectivity index (χ2v) is 18.0. The maximum Gasteiger partial charge on any atom is 0.297 e. The highest BCUT2D eigenvalue weighted by atomic mass is 35.5. The molecule has 4 atom stereocenters. The van der Waals surface area contributed by atoms with Crippen LogP contribution in [0.15, 0.2) is 95.9 Å². The second-order valence-electron chi connectivity index (χ2n) is 13.6. The summed E-state index contributed by atoms with van der Waals surface area (Å²) in [4.78, 5) is 56.4. The van der Waals surface area contributed by atoms with Crippen LogP contribution in [0.4, 0.5) is 5.69 Å². The fourth-order valence-corrected chi connectivity index (χ4v) is 10.4. The molecule has 2 amide bonds. The van der Waals surface area contributed by atoms with E-state index in [0.717, 1.165) is 11.1 Å². The Balaban J connectivity index is 1.32. The molecule has 1 saturated heterocycles. The van der Waals surface area contributed by atoms with Crippen LogP contribution >= 0.6 is 11.6 Å². The summed E-state index contributed by atoms with van der Waals surface area (Å²) in [5, 5.41) is 10.2. The first-order valence-electron chi connectivity index (χ1n) is 16.7. The molecule has 0 bridgehead atoms. The lowest BCUT2D eigenvalue weighted by atomic mass is 9.82. The van der Waals surface area contributed by atoms with Crippen LogP contribution in [-0.4, -0.2) is 65.9 Å². The first-order chi connectivity index (χ1) is 23.9. The van der Waals surface area contributed by atoms with Crippen molar-refractivity contribution in [3.63, 3.8) is 0 Å². The lowest BCUT2D eigenvalue weighted by Crippen LogP contribution is -2.46. The zero-order chi connectivity index (χ0) is 35.8. The Hall–Kier alpha value is -4.26. The molecule has 2 N–H and O–H groups in total. The average Bonchev–Trinajstić information content (AvgIpc) is 3.51. The number of amides is 2. The number of aliphatic hydroxyl groups excluding tert-OH is 1. The highest BCUT2D eigenvalue weighted by molar-refractivity contribution is 6.71. The van der Waals surface area contributed by atoms with E-state index in [9.17, 15) is 24.3 Å². The number of methoxy groups -OCH3 is 1. The Morgan fingerprint density at radius 3 is 2.40 bits per heavy atom. The number of rotatable bonds is 11. The van der Waals surface area contributed by atoms with Crippen molar-refractivity contribution in [2.75, 3.05) is 25.2 Å². The van der Waals surface area contributed by atoms with Crippen LogP contribution < -0.4 is 15.2 Å². The van der Waals surface area contributed by atoms with Crippen molar-refractivity contribution < 1.29 is 29.0 Å². The summed E-state index contributed by atoms with van der Waals surface area (Å²) in [5.41, 5.74) is 1.43. The van der Waals surface area contributed by atoms with Crippen molar-refractivity contribution >= 4 is 37.4 Å². The minimum Gasteiger partial charge on any atom is -0.491 e. The summed E-state index contributed by atoms with van der Waals surface area (Å²) < 4.78 is 13.5. The molecule has 3 heterocycles. The third-order valence-corrected chi connectivity index (χ3v) is 12.7. The lowest BCUT2D eigenvalue weighted by molar-refractivity contribution is -0.150. The summed E-state index contributed by atoms with van der Waals surface area (Å²) in [5.74, 6) is -0.770. The van der Waals surface area contributed by atoms with Crippen LogP contribution in [0.25, 0.3) is 5.69 Å². The summed E-state index contributed by atoms with van der Waals surface area (Å²) in [6, 6.07) is 25.5. The van der Waals surface area contributed by atoms with Gasteiger partial charge in [-0.2, -0.15) is 0 Å². The number of aliphatic hydroxyl groups is 1. The number of benzene rings is 3. The number of carbonyl (C=O) groups is 2. The van der Waals surface area contributed by atoms with Crippen LogP contribution in [0, 0.1) is 5.92 Å². The number of aromatic nitrogens is 1. The molecule has 4 aromatic rings. The molecule has 0 radical (unpaired) electrons. The Morgan fingerprint density at radius 2 is 1.74 bits per heavy atom. The number of halogens is 1. The zero-order valence-electron chi connectivity index (χ0n) is 28.6. The van der Waals surface area contributed by atoms with Crippen LogP contribution in [0.1, 0.15) is 30.0 Å². The van der Waals surface area contributed by atoms with Gasteiger partial charge in [0.05, 0.1) is 38.5 Å². The molecule has 10 nitrogen and oxygen atoms in total. The Morgan fingerprint density at radius 1 is 1.02 bits per heavy atom. The van der Waals surface area contributed by atoms with E-state index in [0.29, 0.717) is 28.5 Å². The molecule has 3 aromatic carbocycles. The molecule has 1 aromatic heterocycles. The molecular weight excluding hydrogens is 674 g/mol. The number of hydrogen-bond acceptors (Lipinski definition) is 7. The van der Waals surface area contributed by atoms with Crippen molar-refractivity contribution in [3.05, 3.63) is 123 Å². The maximum absolute atomic E-state index is 14.8. The van der Waals surface area contributed by atoms with Gasteiger partial charge in [0.15, 0.2) is 19.7 Å². The standard InChI is InChI=1S/C38H42ClN3O7Si/c1-25-35(50(3,4)47)33(22-34(44)40(19-20-43)23-26-9-6-5-7-10-26)49-38(25)30-21-28(39)14-17-31(30)42(37(38)46)24-27-12-15-29(16-13-27)41-18-8-11-32(48-2)36(41)45/h5-18,21,25,33,35,43,47H,19-20,22-24H2,1-4H3/t25-,33+,35-,38+/m0/s1. The molecule has 1 fully saturated rings. The number of hydrogen-bond donors (Lipinski definition) is 2. The topological polar surface area (TPSA) is 122 Å². The normalized spacial score (nSPS) is 21.5. The third-order valence-electron chi connectivity index (χ3n) is 9.95. The van der Waals surface area contributed by atoms with Crippen molar-refractivity contribution in [2.45, 2.75) is 56.8 Å². The highest BCUT2D eigenvalue weighted by Gasteiger charge is 2.66. The van der Waals surface area contributed by atoms with Crippen LogP contribution in [-0.2, 0) is 33.0 Å². The summed E-state index contributed by atoms with van der Waals surface area (Å²) in [7, 11) is -1.58. The number of nitrogens with zero attached hydrogens (tertiary/aromatic N) is 3. The largest absolute Gasteiger partial charge is 0.491 e. The molecule has 0 unspecified atom stereocenters. The summed E-state index contributed by atoms with van der Waals surface area (Å²) >= 11 is 6.55. The van der Waals surface area contributed by atoms with E-state index in [1.165, 1.54) is 11.7 Å². The van der Waals surface area contributed by atoms with E-state index < -0.39 is 31.5 Å². The van der Waals surface area contributed by atoms with Crippen molar-refractivity contribution in [3.8, 4) is 11.4 Å². The molecule has 2 aliphatic heterocycles. The number of ether oxygens (including phenoxy) is 2. The van der Waals surface area contributed by atoms with Gasteiger partial charge in [-0.05, 0) is 66.7 Å². The quantitative estimate of drug-likeness (QED) is 0.204. The van der Waals surface area contributed by atoms with Gasteiger partial charge in [-0.15, -0.1) is 0 Å². The van der Waals surface area contributed by atoms with Gasteiger partial charge in [0.2, 0.25) is 5.91 Å². The predicted molar refractivity (Wildman–Crippen MR) is 194 cm³/mol. The van der Waals surface area contributed by atoms with Gasteiger partial charge in [0.25, 0.3) is 11.5 Å². The molecule has 12 heteroatoms. The van der Waals surface area contributed by atoms with Gasteiger partial charge in [0, 0.05) is 47.0 Å². The molecule has 1 spiro atoms. The predicted octanol–water partition coefficient (Wildman–Crippen LogP) is 5.26. The van der Waals surface area contributed by atoms with Crippen LogP contribution in [0.2, 0.25) is 23.7 Å². The minimum absolute atomic E-state index is 0.0607. The van der Waals surface area contributed by atoms with Crippen LogP contribution in [0.3, 0.4) is 0 Å². The molecule has 262 valence electrons. The first-order valence-corrected chi connectivity index (χ1v) is 20.1. The monoisotopic (exact) mass is 715 g/mol. The van der Waals surface area contributed by atoms with Crippen LogP contribution in [0.5, 0.6) is 5.75 Å². The number of fused-ring (bicyclic) bond motifs is 2. The number of anilines is 1. The van der Waals surface area contributed by atoms with E-state index in [1.807, 2.05) is 80.7 Å². The molecule has 2 aliphatic rings. The molecular formula is C38H42ClN3O7Si.